The van der Waals surface area contributed by atoms with Crippen LogP contribution in [0.2, 0.25) is 0 Å². The highest BCUT2D eigenvalue weighted by Gasteiger charge is 2.20. The molecule has 0 spiro atoms. The topological polar surface area (TPSA) is 82.8 Å². The largest absolute Gasteiger partial charge is 0.484 e. The predicted molar refractivity (Wildman–Crippen MR) is 96.7 cm³/mol. The first-order valence-corrected chi connectivity index (χ1v) is 8.20. The second-order valence-corrected chi connectivity index (χ2v) is 5.97. The monoisotopic (exact) mass is 338 g/mol. The van der Waals surface area contributed by atoms with Crippen molar-refractivity contribution in [2.75, 3.05) is 7.05 Å². The van der Waals surface area contributed by atoms with Crippen molar-refractivity contribution in [2.45, 2.75) is 26.9 Å². The summed E-state index contributed by atoms with van der Waals surface area (Å²) in [5.74, 6) is 0.946. The number of H-pyrrole nitrogens is 2. The molecule has 3 N–H and O–H groups in total. The molecular weight excluding hydrogens is 316 g/mol. The third-order valence-corrected chi connectivity index (χ3v) is 4.19. The van der Waals surface area contributed by atoms with Gasteiger partial charge in [0.2, 0.25) is 0 Å². The van der Waals surface area contributed by atoms with E-state index in [1.165, 1.54) is 0 Å². The van der Waals surface area contributed by atoms with E-state index in [1.807, 2.05) is 57.2 Å². The van der Waals surface area contributed by atoms with Gasteiger partial charge in [-0.15, -0.1) is 0 Å². The Morgan fingerprint density at radius 2 is 1.92 bits per heavy atom. The molecular formula is C19H22N4O2. The highest BCUT2D eigenvalue weighted by Crippen LogP contribution is 2.30. The third kappa shape index (κ3) is 3.42. The van der Waals surface area contributed by atoms with Crippen LogP contribution in [0.1, 0.15) is 40.5 Å². The van der Waals surface area contributed by atoms with Gasteiger partial charge in [0, 0.05) is 18.8 Å². The zero-order valence-electron chi connectivity index (χ0n) is 14.8. The van der Waals surface area contributed by atoms with Crippen LogP contribution in [0.4, 0.5) is 0 Å². The lowest BCUT2D eigenvalue weighted by molar-refractivity contribution is 0.0952. The zero-order valence-corrected chi connectivity index (χ0v) is 14.8. The number of nitrogens with one attached hydrogen (secondary N) is 3. The fourth-order valence-corrected chi connectivity index (χ4v) is 2.61. The summed E-state index contributed by atoms with van der Waals surface area (Å²) in [6.45, 7) is 5.85. The summed E-state index contributed by atoms with van der Waals surface area (Å²) in [5, 5.41) is 2.64. The lowest BCUT2D eigenvalue weighted by Gasteiger charge is -2.14. The number of imidazole rings is 1. The Balaban J connectivity index is 1.95. The molecule has 0 aliphatic heterocycles. The van der Waals surface area contributed by atoms with E-state index in [0.29, 0.717) is 23.0 Å². The van der Waals surface area contributed by atoms with E-state index in [9.17, 15) is 4.79 Å². The standard InChI is InChI=1S/C19H22N4O2/c1-11-12(2)22-18(21-11)15-10-16(17(23-15)19(24)20-4)25-13(3)14-8-6-5-7-9-14/h5-10,13,23H,1-4H3,(H,20,24)(H,21,22). The summed E-state index contributed by atoms with van der Waals surface area (Å²) < 4.78 is 6.06. The van der Waals surface area contributed by atoms with Gasteiger partial charge in [-0.2, -0.15) is 0 Å². The molecule has 1 unspecified atom stereocenters. The van der Waals surface area contributed by atoms with Crippen LogP contribution < -0.4 is 10.1 Å². The summed E-state index contributed by atoms with van der Waals surface area (Å²) in [5.41, 5.74) is 4.05. The molecule has 1 amide bonds. The molecule has 2 heterocycles. The Morgan fingerprint density at radius 1 is 1.20 bits per heavy atom. The number of amides is 1. The molecule has 0 saturated heterocycles. The average molecular weight is 338 g/mol. The number of hydrogen-bond donors (Lipinski definition) is 3. The summed E-state index contributed by atoms with van der Waals surface area (Å²) in [7, 11) is 1.59. The molecule has 6 nitrogen and oxygen atoms in total. The third-order valence-electron chi connectivity index (χ3n) is 4.19. The van der Waals surface area contributed by atoms with E-state index in [4.69, 9.17) is 4.74 Å². The van der Waals surface area contributed by atoms with Gasteiger partial charge in [-0.1, -0.05) is 30.3 Å². The molecule has 3 rings (SSSR count). The quantitative estimate of drug-likeness (QED) is 0.665. The second-order valence-electron chi connectivity index (χ2n) is 5.97. The van der Waals surface area contributed by atoms with E-state index < -0.39 is 0 Å². The average Bonchev–Trinajstić information content (AvgIpc) is 3.18. The Labute approximate surface area is 146 Å². The van der Waals surface area contributed by atoms with E-state index in [2.05, 4.69) is 20.3 Å². The van der Waals surface area contributed by atoms with Crippen molar-refractivity contribution in [1.82, 2.24) is 20.3 Å². The van der Waals surface area contributed by atoms with Crippen LogP contribution in [-0.4, -0.2) is 27.9 Å². The number of hydrogen-bond acceptors (Lipinski definition) is 3. The number of carbonyl (C=O) groups excluding carboxylic acids is 1. The zero-order chi connectivity index (χ0) is 18.0. The molecule has 0 fully saturated rings. The number of aryl methyl sites for hydroxylation is 2. The van der Waals surface area contributed by atoms with Gasteiger partial charge in [0.25, 0.3) is 5.91 Å². The number of nitrogens with zero attached hydrogens (tertiary/aromatic N) is 1. The van der Waals surface area contributed by atoms with Crippen LogP contribution in [0.3, 0.4) is 0 Å². The maximum Gasteiger partial charge on any atom is 0.271 e. The molecule has 0 aliphatic rings. The minimum Gasteiger partial charge on any atom is -0.484 e. The molecule has 130 valence electrons. The number of carbonyl (C=O) groups is 1. The van der Waals surface area contributed by atoms with Gasteiger partial charge in [0.1, 0.15) is 11.8 Å². The number of benzene rings is 1. The van der Waals surface area contributed by atoms with Crippen molar-refractivity contribution in [3.8, 4) is 17.3 Å². The minimum absolute atomic E-state index is 0.187. The second kappa shape index (κ2) is 6.84. The fourth-order valence-electron chi connectivity index (χ4n) is 2.61. The van der Waals surface area contributed by atoms with Crippen molar-refractivity contribution < 1.29 is 9.53 Å². The highest BCUT2D eigenvalue weighted by atomic mass is 16.5. The van der Waals surface area contributed by atoms with E-state index in [-0.39, 0.29) is 12.0 Å². The molecule has 25 heavy (non-hydrogen) atoms. The molecule has 6 heteroatoms. The SMILES string of the molecule is CNC(=O)c1[nH]c(-c2nc(C)c(C)[nH]2)cc1OC(C)c1ccccc1. The van der Waals surface area contributed by atoms with Crippen LogP contribution in [0, 0.1) is 13.8 Å². The van der Waals surface area contributed by atoms with Crippen molar-refractivity contribution in [1.29, 1.82) is 0 Å². The van der Waals surface area contributed by atoms with Gasteiger partial charge < -0.3 is 20.0 Å². The molecule has 0 bridgehead atoms. The highest BCUT2D eigenvalue weighted by molar-refractivity contribution is 5.96. The van der Waals surface area contributed by atoms with Crippen LogP contribution in [0.15, 0.2) is 36.4 Å². The molecule has 1 atom stereocenters. The molecule has 0 saturated carbocycles. The molecule has 0 radical (unpaired) electrons. The Kier molecular flexibility index (Phi) is 4.61. The summed E-state index contributed by atoms with van der Waals surface area (Å²) in [4.78, 5) is 23.0. The first kappa shape index (κ1) is 16.8. The van der Waals surface area contributed by atoms with Crippen LogP contribution >= 0.6 is 0 Å². The van der Waals surface area contributed by atoms with Crippen molar-refractivity contribution >= 4 is 5.91 Å². The van der Waals surface area contributed by atoms with Crippen molar-refractivity contribution in [2.24, 2.45) is 0 Å². The van der Waals surface area contributed by atoms with Gasteiger partial charge in [-0.05, 0) is 26.3 Å². The van der Waals surface area contributed by atoms with E-state index >= 15 is 0 Å². The van der Waals surface area contributed by atoms with Gasteiger partial charge >= 0.3 is 0 Å². The van der Waals surface area contributed by atoms with Crippen LogP contribution in [0.5, 0.6) is 5.75 Å². The Bertz CT molecular complexity index is 861. The van der Waals surface area contributed by atoms with E-state index in [0.717, 1.165) is 17.0 Å². The fraction of sp³-hybridized carbons (Fsp3) is 0.263. The maximum absolute atomic E-state index is 12.2. The number of aromatic nitrogens is 3. The van der Waals surface area contributed by atoms with Gasteiger partial charge in [0.05, 0.1) is 11.4 Å². The first-order chi connectivity index (χ1) is 12.0. The normalized spacial score (nSPS) is 12.0. The van der Waals surface area contributed by atoms with Crippen molar-refractivity contribution in [3.63, 3.8) is 0 Å². The molecule has 2 aromatic heterocycles. The molecule has 3 aromatic rings. The molecule has 1 aromatic carbocycles. The maximum atomic E-state index is 12.2. The Morgan fingerprint density at radius 3 is 2.52 bits per heavy atom. The number of rotatable bonds is 5. The van der Waals surface area contributed by atoms with E-state index in [1.54, 1.807) is 7.05 Å². The predicted octanol–water partition coefficient (Wildman–Crippen LogP) is 3.52. The number of aromatic amines is 2. The number of ether oxygens (including phenoxy) is 1. The van der Waals surface area contributed by atoms with Crippen LogP contribution in [-0.2, 0) is 0 Å². The van der Waals surface area contributed by atoms with Crippen molar-refractivity contribution in [3.05, 3.63) is 59.0 Å². The summed E-state index contributed by atoms with van der Waals surface area (Å²) in [6, 6.07) is 11.7. The van der Waals surface area contributed by atoms with Gasteiger partial charge in [0.15, 0.2) is 11.6 Å². The van der Waals surface area contributed by atoms with Gasteiger partial charge in [-0.3, -0.25) is 4.79 Å². The van der Waals surface area contributed by atoms with Gasteiger partial charge in [-0.25, -0.2) is 4.98 Å². The lowest BCUT2D eigenvalue weighted by atomic mass is 10.1. The summed E-state index contributed by atoms with van der Waals surface area (Å²) >= 11 is 0. The van der Waals surface area contributed by atoms with Crippen LogP contribution in [0.25, 0.3) is 11.5 Å². The summed E-state index contributed by atoms with van der Waals surface area (Å²) in [6.07, 6.45) is -0.187. The minimum atomic E-state index is -0.235. The molecule has 0 aliphatic carbocycles. The lowest BCUT2D eigenvalue weighted by Crippen LogP contribution is -2.19. The smallest absolute Gasteiger partial charge is 0.271 e. The first-order valence-electron chi connectivity index (χ1n) is 8.20. The Hall–Kier alpha value is -3.02.